The number of unbranched alkanes of at least 4 members (excludes halogenated alkanes) is 1. The molecule has 0 aromatic carbocycles. The average Bonchev–Trinajstić information content (AvgIpc) is 2.05. The Morgan fingerprint density at radius 1 is 1.50 bits per heavy atom. The molecule has 0 saturated heterocycles. The van der Waals surface area contributed by atoms with Gasteiger partial charge in [0, 0.05) is 0 Å². The number of hydrogen-bond acceptors (Lipinski definition) is 2. The summed E-state index contributed by atoms with van der Waals surface area (Å²) in [4.78, 5) is 10.4. The number of hydrogen-bond donors (Lipinski definition) is 0. The van der Waals surface area contributed by atoms with E-state index in [2.05, 4.69) is 20.8 Å². The molecular weight excluding hydrogens is 152 g/mol. The van der Waals surface area contributed by atoms with Crippen LogP contribution in [0.15, 0.2) is 0 Å². The summed E-state index contributed by atoms with van der Waals surface area (Å²) in [5.41, 5.74) is 0. The first kappa shape index (κ1) is 11.5. The second-order valence-corrected chi connectivity index (χ2v) is 3.10. The highest BCUT2D eigenvalue weighted by molar-refractivity contribution is 5.73. The highest BCUT2D eigenvalue weighted by Gasteiger charge is 2.06. The molecule has 1 atom stereocenters. The van der Waals surface area contributed by atoms with Gasteiger partial charge in [-0.1, -0.05) is 33.1 Å². The molecule has 0 aromatic heterocycles. The predicted octanol–water partition coefficient (Wildman–Crippen LogP) is 2.58. The molecule has 0 N–H and O–H groups in total. The van der Waals surface area contributed by atoms with E-state index in [0.29, 0.717) is 12.5 Å². The van der Waals surface area contributed by atoms with Gasteiger partial charge < -0.3 is 4.74 Å². The van der Waals surface area contributed by atoms with E-state index in [1.165, 1.54) is 12.8 Å². The van der Waals surface area contributed by atoms with Crippen molar-refractivity contribution in [2.45, 2.75) is 39.5 Å². The van der Waals surface area contributed by atoms with Crippen LogP contribution in [0.25, 0.3) is 0 Å². The molecule has 2 nitrogen and oxygen atoms in total. The van der Waals surface area contributed by atoms with Crippen molar-refractivity contribution >= 4 is 5.97 Å². The lowest BCUT2D eigenvalue weighted by molar-refractivity contribution is -0.139. The van der Waals surface area contributed by atoms with Gasteiger partial charge in [0.25, 0.3) is 0 Å². The monoisotopic (exact) mass is 171 g/mol. The summed E-state index contributed by atoms with van der Waals surface area (Å²) in [5.74, 6) is 0.112. The molecule has 0 aliphatic carbocycles. The van der Waals surface area contributed by atoms with Crippen molar-refractivity contribution in [3.8, 4) is 0 Å². The summed E-state index contributed by atoms with van der Waals surface area (Å²) in [6, 6.07) is 0. The molecule has 0 fully saturated rings. The summed E-state index contributed by atoms with van der Waals surface area (Å²) >= 11 is 0. The smallest absolute Gasteiger partial charge is 0.306 e. The lowest BCUT2D eigenvalue weighted by Crippen LogP contribution is -2.11. The maximum absolute atomic E-state index is 10.4. The van der Waals surface area contributed by atoms with Crippen LogP contribution >= 0.6 is 0 Å². The van der Waals surface area contributed by atoms with Gasteiger partial charge in [-0.25, -0.2) is 0 Å². The van der Waals surface area contributed by atoms with Crippen molar-refractivity contribution in [3.05, 3.63) is 6.92 Å². The third kappa shape index (κ3) is 6.20. The highest BCUT2D eigenvalue weighted by Crippen LogP contribution is 2.12. The number of carbonyl (C=O) groups excluding carboxylic acids is 1. The molecule has 0 amide bonds. The second kappa shape index (κ2) is 7.14. The van der Waals surface area contributed by atoms with Gasteiger partial charge in [0.1, 0.15) is 0 Å². The number of rotatable bonds is 6. The Morgan fingerprint density at radius 2 is 2.17 bits per heavy atom. The molecule has 0 spiro atoms. The van der Waals surface area contributed by atoms with Crippen molar-refractivity contribution in [1.29, 1.82) is 0 Å². The number of carbonyl (C=O) groups is 1. The number of esters is 1. The molecule has 0 aromatic rings. The molecule has 0 aliphatic heterocycles. The Balaban J connectivity index is 3.45. The maximum atomic E-state index is 10.4. The third-order valence-electron chi connectivity index (χ3n) is 2.02. The molecule has 2 heteroatoms. The van der Waals surface area contributed by atoms with E-state index in [4.69, 9.17) is 4.74 Å². The van der Waals surface area contributed by atoms with Crippen molar-refractivity contribution < 1.29 is 9.53 Å². The van der Waals surface area contributed by atoms with Crippen molar-refractivity contribution in [1.82, 2.24) is 0 Å². The SMILES string of the molecule is [CH2]C(=O)OCC(CC)CCCC. The fourth-order valence-electron chi connectivity index (χ4n) is 1.11. The Labute approximate surface area is 75.3 Å². The van der Waals surface area contributed by atoms with Gasteiger partial charge in [0.2, 0.25) is 0 Å². The lowest BCUT2D eigenvalue weighted by atomic mass is 10.0. The van der Waals surface area contributed by atoms with Crippen LogP contribution in [-0.4, -0.2) is 12.6 Å². The Kier molecular flexibility index (Phi) is 6.82. The summed E-state index contributed by atoms with van der Waals surface area (Å²) in [6.45, 7) is 7.99. The molecule has 0 heterocycles. The van der Waals surface area contributed by atoms with Crippen LogP contribution in [0.3, 0.4) is 0 Å². The van der Waals surface area contributed by atoms with E-state index in [1.54, 1.807) is 0 Å². The normalized spacial score (nSPS) is 12.6. The largest absolute Gasteiger partial charge is 0.465 e. The van der Waals surface area contributed by atoms with Gasteiger partial charge in [-0.2, -0.15) is 0 Å². The summed E-state index contributed by atoms with van der Waals surface area (Å²) < 4.78 is 4.84. The van der Waals surface area contributed by atoms with E-state index in [-0.39, 0.29) is 0 Å². The molecule has 0 saturated carbocycles. The molecule has 0 rings (SSSR count). The maximum Gasteiger partial charge on any atom is 0.306 e. The van der Waals surface area contributed by atoms with Gasteiger partial charge in [-0.3, -0.25) is 4.79 Å². The van der Waals surface area contributed by atoms with Gasteiger partial charge in [-0.05, 0) is 12.3 Å². The second-order valence-electron chi connectivity index (χ2n) is 3.10. The minimum atomic E-state index is -0.412. The lowest BCUT2D eigenvalue weighted by Gasteiger charge is -2.13. The van der Waals surface area contributed by atoms with Gasteiger partial charge in [0.05, 0.1) is 13.5 Å². The van der Waals surface area contributed by atoms with Gasteiger partial charge >= 0.3 is 5.97 Å². The highest BCUT2D eigenvalue weighted by atomic mass is 16.5. The van der Waals surface area contributed by atoms with Crippen molar-refractivity contribution in [3.63, 3.8) is 0 Å². The minimum Gasteiger partial charge on any atom is -0.465 e. The topological polar surface area (TPSA) is 26.3 Å². The first-order valence-electron chi connectivity index (χ1n) is 4.69. The van der Waals surface area contributed by atoms with Crippen LogP contribution in [0.2, 0.25) is 0 Å². The Morgan fingerprint density at radius 3 is 2.58 bits per heavy atom. The zero-order valence-electron chi connectivity index (χ0n) is 8.14. The van der Waals surface area contributed by atoms with Gasteiger partial charge in [-0.15, -0.1) is 0 Å². The predicted molar refractivity (Wildman–Crippen MR) is 49.6 cm³/mol. The standard InChI is InChI=1S/C10H19O2/c1-4-6-7-10(5-2)8-12-9(3)11/h10H,3-8H2,1-2H3. The third-order valence-corrected chi connectivity index (χ3v) is 2.02. The number of ether oxygens (including phenoxy) is 1. The van der Waals surface area contributed by atoms with E-state index >= 15 is 0 Å². The van der Waals surface area contributed by atoms with E-state index in [1.807, 2.05) is 0 Å². The zero-order valence-corrected chi connectivity index (χ0v) is 8.14. The van der Waals surface area contributed by atoms with E-state index < -0.39 is 5.97 Å². The summed E-state index contributed by atoms with van der Waals surface area (Å²) in [7, 11) is 0. The summed E-state index contributed by atoms with van der Waals surface area (Å²) in [5, 5.41) is 0. The van der Waals surface area contributed by atoms with Crippen LogP contribution in [0, 0.1) is 12.8 Å². The van der Waals surface area contributed by atoms with Crippen LogP contribution in [0.5, 0.6) is 0 Å². The van der Waals surface area contributed by atoms with Crippen LogP contribution in [0.4, 0.5) is 0 Å². The van der Waals surface area contributed by atoms with E-state index in [0.717, 1.165) is 12.8 Å². The molecule has 12 heavy (non-hydrogen) atoms. The fourth-order valence-corrected chi connectivity index (χ4v) is 1.11. The van der Waals surface area contributed by atoms with Crippen molar-refractivity contribution in [2.24, 2.45) is 5.92 Å². The first-order chi connectivity index (χ1) is 5.70. The molecule has 0 aliphatic rings. The average molecular weight is 171 g/mol. The van der Waals surface area contributed by atoms with E-state index in [9.17, 15) is 4.79 Å². The van der Waals surface area contributed by atoms with Crippen molar-refractivity contribution in [2.75, 3.05) is 6.61 Å². The Bertz CT molecular complexity index is 121. The van der Waals surface area contributed by atoms with Crippen LogP contribution < -0.4 is 0 Å². The molecule has 1 unspecified atom stereocenters. The molecular formula is C10H19O2. The zero-order chi connectivity index (χ0) is 9.40. The van der Waals surface area contributed by atoms with Crippen LogP contribution in [-0.2, 0) is 9.53 Å². The quantitative estimate of drug-likeness (QED) is 0.574. The minimum absolute atomic E-state index is 0.412. The summed E-state index contributed by atoms with van der Waals surface area (Å²) in [6.07, 6.45) is 4.65. The molecule has 71 valence electrons. The molecule has 0 bridgehead atoms. The van der Waals surface area contributed by atoms with Gasteiger partial charge in [0.15, 0.2) is 0 Å². The van der Waals surface area contributed by atoms with Crippen LogP contribution in [0.1, 0.15) is 39.5 Å². The molecule has 1 radical (unpaired) electrons. The Hall–Kier alpha value is -0.530. The first-order valence-corrected chi connectivity index (χ1v) is 4.69. The fraction of sp³-hybridized carbons (Fsp3) is 0.800.